The van der Waals surface area contributed by atoms with Gasteiger partial charge in [-0.15, -0.1) is 0 Å². The van der Waals surface area contributed by atoms with Gasteiger partial charge >= 0.3 is 0 Å². The summed E-state index contributed by atoms with van der Waals surface area (Å²) in [6.45, 7) is 6.64. The molecule has 4 aliphatic rings. The zero-order valence-electron chi connectivity index (χ0n) is 19.5. The first-order valence-corrected chi connectivity index (χ1v) is 13.7. The van der Waals surface area contributed by atoms with Gasteiger partial charge in [0.2, 0.25) is 15.9 Å². The van der Waals surface area contributed by atoms with Gasteiger partial charge in [0.05, 0.1) is 10.6 Å². The number of piperazine rings is 1. The summed E-state index contributed by atoms with van der Waals surface area (Å²) in [5, 5.41) is 0. The summed E-state index contributed by atoms with van der Waals surface area (Å²) in [5.74, 6) is 2.73. The summed E-state index contributed by atoms with van der Waals surface area (Å²) in [6, 6.07) is 5.62. The van der Waals surface area contributed by atoms with Crippen LogP contribution in [0.15, 0.2) is 23.1 Å². The lowest BCUT2D eigenvalue weighted by Crippen LogP contribution is -2.49. The van der Waals surface area contributed by atoms with E-state index in [2.05, 4.69) is 19.8 Å². The quantitative estimate of drug-likeness (QED) is 0.656. The maximum Gasteiger partial charge on any atom is 0.243 e. The SMILES string of the molecule is Cc1nc(N2CCCC2)cc(N2CCN(S(=O)(=O)c3cc4c5c(c3)CCN5C(=O)CC4)CC2)n1. The van der Waals surface area contributed by atoms with E-state index in [1.54, 1.807) is 16.4 Å². The molecule has 0 saturated carbocycles. The van der Waals surface area contributed by atoms with Gasteiger partial charge in [0.15, 0.2) is 0 Å². The molecule has 34 heavy (non-hydrogen) atoms. The topological polar surface area (TPSA) is 90.0 Å². The molecule has 0 spiro atoms. The first kappa shape index (κ1) is 21.8. The summed E-state index contributed by atoms with van der Waals surface area (Å²) >= 11 is 0. The molecule has 4 aliphatic heterocycles. The van der Waals surface area contributed by atoms with Crippen LogP contribution in [0.25, 0.3) is 0 Å². The van der Waals surface area contributed by atoms with Crippen LogP contribution < -0.4 is 14.7 Å². The van der Waals surface area contributed by atoms with Crippen LogP contribution in [0, 0.1) is 6.92 Å². The molecular weight excluding hydrogens is 452 g/mol. The normalized spacial score (nSPS) is 20.9. The van der Waals surface area contributed by atoms with Crippen LogP contribution in [-0.4, -0.2) is 74.4 Å². The average molecular weight is 483 g/mol. The van der Waals surface area contributed by atoms with E-state index < -0.39 is 10.0 Å². The van der Waals surface area contributed by atoms with Crippen molar-refractivity contribution in [2.45, 2.75) is 43.9 Å². The van der Waals surface area contributed by atoms with Gasteiger partial charge in [0.1, 0.15) is 17.5 Å². The van der Waals surface area contributed by atoms with Crippen molar-refractivity contribution in [2.24, 2.45) is 0 Å². The van der Waals surface area contributed by atoms with E-state index in [0.717, 1.165) is 53.8 Å². The van der Waals surface area contributed by atoms with Gasteiger partial charge < -0.3 is 14.7 Å². The van der Waals surface area contributed by atoms with E-state index >= 15 is 0 Å². The van der Waals surface area contributed by atoms with Crippen molar-refractivity contribution in [2.75, 3.05) is 60.5 Å². The number of sulfonamides is 1. The monoisotopic (exact) mass is 482 g/mol. The molecule has 1 amide bonds. The number of aromatic nitrogens is 2. The molecule has 10 heteroatoms. The Labute approximate surface area is 200 Å². The van der Waals surface area contributed by atoms with Crippen LogP contribution in [0.1, 0.15) is 36.2 Å². The van der Waals surface area contributed by atoms with Crippen molar-refractivity contribution in [3.8, 4) is 0 Å². The number of carbonyl (C=O) groups is 1. The van der Waals surface area contributed by atoms with Gasteiger partial charge in [-0.25, -0.2) is 18.4 Å². The Balaban J connectivity index is 1.20. The summed E-state index contributed by atoms with van der Waals surface area (Å²) in [6.07, 6.45) is 4.16. The highest BCUT2D eigenvalue weighted by atomic mass is 32.2. The zero-order chi connectivity index (χ0) is 23.4. The predicted octanol–water partition coefficient (Wildman–Crippen LogP) is 1.73. The highest BCUT2D eigenvalue weighted by Gasteiger charge is 2.35. The summed E-state index contributed by atoms with van der Waals surface area (Å²) < 4.78 is 28.7. The largest absolute Gasteiger partial charge is 0.356 e. The highest BCUT2D eigenvalue weighted by Crippen LogP contribution is 2.39. The van der Waals surface area contributed by atoms with E-state index in [4.69, 9.17) is 0 Å². The summed E-state index contributed by atoms with van der Waals surface area (Å²) in [7, 11) is -3.60. The standard InChI is InChI=1S/C24H30N6O3S/c1-17-25-21(27-7-2-3-8-27)16-22(26-17)28-10-12-29(13-11-28)34(32,33)20-14-18-4-5-23(31)30-9-6-19(15-20)24(18)30/h14-16H,2-13H2,1H3. The zero-order valence-corrected chi connectivity index (χ0v) is 20.4. The molecular formula is C24H30N6O3S. The molecule has 2 saturated heterocycles. The Morgan fingerprint density at radius 2 is 1.38 bits per heavy atom. The molecule has 6 rings (SSSR count). The molecule has 0 aliphatic carbocycles. The third-order valence-electron chi connectivity index (χ3n) is 7.47. The molecule has 0 atom stereocenters. The Hall–Kier alpha value is -2.72. The number of nitrogens with zero attached hydrogens (tertiary/aromatic N) is 6. The lowest BCUT2D eigenvalue weighted by Gasteiger charge is -2.35. The van der Waals surface area contributed by atoms with Crippen molar-refractivity contribution in [3.05, 3.63) is 35.2 Å². The highest BCUT2D eigenvalue weighted by molar-refractivity contribution is 7.89. The number of aryl methyl sites for hydroxylation is 2. The van der Waals surface area contributed by atoms with Gasteiger partial charge in [-0.3, -0.25) is 4.79 Å². The maximum absolute atomic E-state index is 13.5. The Kier molecular flexibility index (Phi) is 5.25. The maximum atomic E-state index is 13.5. The number of rotatable bonds is 4. The van der Waals surface area contributed by atoms with Crippen molar-refractivity contribution in [1.82, 2.24) is 14.3 Å². The molecule has 2 fully saturated rings. The second-order valence-electron chi connectivity index (χ2n) is 9.60. The first-order valence-electron chi connectivity index (χ1n) is 12.2. The minimum Gasteiger partial charge on any atom is -0.356 e. The van der Waals surface area contributed by atoms with Crippen LogP contribution >= 0.6 is 0 Å². The van der Waals surface area contributed by atoms with Crippen LogP contribution in [0.5, 0.6) is 0 Å². The number of carbonyl (C=O) groups excluding carboxylic acids is 1. The second kappa shape index (κ2) is 8.20. The second-order valence-corrected chi connectivity index (χ2v) is 11.5. The van der Waals surface area contributed by atoms with Crippen LogP contribution in [0.2, 0.25) is 0 Å². The van der Waals surface area contributed by atoms with E-state index in [0.29, 0.717) is 50.5 Å². The number of benzene rings is 1. The Morgan fingerprint density at radius 3 is 2.06 bits per heavy atom. The van der Waals surface area contributed by atoms with Crippen LogP contribution in [-0.2, 0) is 27.7 Å². The smallest absolute Gasteiger partial charge is 0.243 e. The van der Waals surface area contributed by atoms with E-state index in [1.165, 1.54) is 12.8 Å². The fraction of sp³-hybridized carbons (Fsp3) is 0.542. The Morgan fingerprint density at radius 1 is 0.765 bits per heavy atom. The third-order valence-corrected chi connectivity index (χ3v) is 9.34. The number of hydrogen-bond donors (Lipinski definition) is 0. The van der Waals surface area contributed by atoms with E-state index in [-0.39, 0.29) is 5.91 Å². The lowest BCUT2D eigenvalue weighted by molar-refractivity contribution is -0.118. The Bertz CT molecular complexity index is 1250. The van der Waals surface area contributed by atoms with Crippen molar-refractivity contribution < 1.29 is 13.2 Å². The van der Waals surface area contributed by atoms with Gasteiger partial charge in [0, 0.05) is 58.3 Å². The number of hydrogen-bond acceptors (Lipinski definition) is 7. The van der Waals surface area contributed by atoms with Gasteiger partial charge in [-0.1, -0.05) is 0 Å². The lowest BCUT2D eigenvalue weighted by atomic mass is 10.00. The van der Waals surface area contributed by atoms with Crippen molar-refractivity contribution in [1.29, 1.82) is 0 Å². The summed E-state index contributed by atoms with van der Waals surface area (Å²) in [4.78, 5) is 28.1. The first-order chi connectivity index (χ1) is 16.4. The average Bonchev–Trinajstić information content (AvgIpc) is 3.52. The molecule has 9 nitrogen and oxygen atoms in total. The van der Waals surface area contributed by atoms with Crippen molar-refractivity contribution >= 4 is 33.3 Å². The van der Waals surface area contributed by atoms with Gasteiger partial charge in [-0.05, 0) is 55.9 Å². The fourth-order valence-corrected chi connectivity index (χ4v) is 7.21. The molecule has 180 valence electrons. The van der Waals surface area contributed by atoms with Crippen LogP contribution in [0.3, 0.4) is 0 Å². The molecule has 5 heterocycles. The van der Waals surface area contributed by atoms with Crippen molar-refractivity contribution in [3.63, 3.8) is 0 Å². The fourth-order valence-electron chi connectivity index (χ4n) is 5.69. The molecule has 0 radical (unpaired) electrons. The minimum atomic E-state index is -3.60. The summed E-state index contributed by atoms with van der Waals surface area (Å²) in [5.41, 5.74) is 2.92. The molecule has 0 bridgehead atoms. The van der Waals surface area contributed by atoms with Gasteiger partial charge in [-0.2, -0.15) is 4.31 Å². The van der Waals surface area contributed by atoms with E-state index in [9.17, 15) is 13.2 Å². The van der Waals surface area contributed by atoms with Crippen LogP contribution in [0.4, 0.5) is 17.3 Å². The molecule has 1 aromatic carbocycles. The molecule has 0 N–H and O–H groups in total. The molecule has 2 aromatic rings. The molecule has 0 unspecified atom stereocenters. The third kappa shape index (κ3) is 3.63. The minimum absolute atomic E-state index is 0.144. The van der Waals surface area contributed by atoms with E-state index in [1.807, 2.05) is 17.9 Å². The predicted molar refractivity (Wildman–Crippen MR) is 130 cm³/mol. The number of anilines is 3. The number of amides is 1. The molecule has 1 aromatic heterocycles. The van der Waals surface area contributed by atoms with Gasteiger partial charge in [0.25, 0.3) is 0 Å².